The lowest BCUT2D eigenvalue weighted by Gasteiger charge is -2.20. The molecule has 0 spiro atoms. The van der Waals surface area contributed by atoms with Gasteiger partial charge in [-0.2, -0.15) is 13.2 Å². The number of hydrogen-bond acceptors (Lipinski definition) is 3. The largest absolute Gasteiger partial charge is 0.416 e. The first-order chi connectivity index (χ1) is 8.00. The van der Waals surface area contributed by atoms with E-state index in [0.717, 1.165) is 12.3 Å². The Kier molecular flexibility index (Phi) is 4.89. The third-order valence-electron chi connectivity index (χ3n) is 2.37. The van der Waals surface area contributed by atoms with Crippen molar-refractivity contribution in [3.8, 4) is 0 Å². The van der Waals surface area contributed by atoms with E-state index in [4.69, 9.17) is 4.74 Å². The molecule has 0 radical (unpaired) electrons. The van der Waals surface area contributed by atoms with Crippen molar-refractivity contribution in [3.05, 3.63) is 29.6 Å². The summed E-state index contributed by atoms with van der Waals surface area (Å²) in [5.41, 5.74) is -0.567. The Hall–Kier alpha value is -1.14. The number of nitrogens with one attached hydrogen (secondary N) is 1. The van der Waals surface area contributed by atoms with Crippen LogP contribution >= 0.6 is 0 Å². The molecule has 0 saturated heterocycles. The van der Waals surface area contributed by atoms with E-state index in [9.17, 15) is 13.2 Å². The molecule has 1 aromatic rings. The number of ether oxygens (including phenoxy) is 1. The molecule has 1 unspecified atom stereocenters. The molecule has 1 N–H and O–H groups in total. The molecule has 1 heterocycles. The van der Waals surface area contributed by atoms with Gasteiger partial charge in [-0.25, -0.2) is 0 Å². The molecule has 0 amide bonds. The van der Waals surface area contributed by atoms with Crippen molar-refractivity contribution in [2.24, 2.45) is 0 Å². The molecule has 0 fully saturated rings. The molecule has 0 aliphatic carbocycles. The number of hydrogen-bond donors (Lipinski definition) is 1. The van der Waals surface area contributed by atoms with Gasteiger partial charge in [0.15, 0.2) is 0 Å². The third-order valence-corrected chi connectivity index (χ3v) is 2.37. The van der Waals surface area contributed by atoms with Crippen molar-refractivity contribution < 1.29 is 17.9 Å². The van der Waals surface area contributed by atoms with Crippen LogP contribution in [0, 0.1) is 0 Å². The van der Waals surface area contributed by atoms with Crippen molar-refractivity contribution in [2.75, 3.05) is 20.3 Å². The van der Waals surface area contributed by atoms with Crippen molar-refractivity contribution in [1.29, 1.82) is 0 Å². The Bertz CT molecular complexity index is 355. The van der Waals surface area contributed by atoms with Gasteiger partial charge in [0, 0.05) is 24.6 Å². The van der Waals surface area contributed by atoms with Gasteiger partial charge < -0.3 is 10.1 Å². The van der Waals surface area contributed by atoms with Crippen LogP contribution < -0.4 is 5.32 Å². The van der Waals surface area contributed by atoms with Crippen LogP contribution in [0.5, 0.6) is 0 Å². The average Bonchev–Trinajstić information content (AvgIpc) is 2.29. The quantitative estimate of drug-likeness (QED) is 0.868. The minimum atomic E-state index is -4.38. The lowest BCUT2D eigenvalue weighted by Crippen LogP contribution is -2.25. The van der Waals surface area contributed by atoms with Gasteiger partial charge in [-0.15, -0.1) is 0 Å². The lowest BCUT2D eigenvalue weighted by atomic mass is 10.0. The summed E-state index contributed by atoms with van der Waals surface area (Å²) in [5, 5.41) is 2.80. The van der Waals surface area contributed by atoms with Gasteiger partial charge in [0.1, 0.15) is 0 Å². The highest BCUT2D eigenvalue weighted by Gasteiger charge is 2.35. The summed E-state index contributed by atoms with van der Waals surface area (Å²) >= 11 is 0. The number of aromatic nitrogens is 1. The normalized spacial score (nSPS) is 13.7. The Balaban J connectivity index is 3.02. The molecule has 1 rings (SSSR count). The summed E-state index contributed by atoms with van der Waals surface area (Å²) in [6.45, 7) is 2.43. The van der Waals surface area contributed by atoms with E-state index in [0.29, 0.717) is 6.61 Å². The van der Waals surface area contributed by atoms with E-state index < -0.39 is 17.8 Å². The van der Waals surface area contributed by atoms with Gasteiger partial charge in [0.05, 0.1) is 18.2 Å². The van der Waals surface area contributed by atoms with E-state index in [-0.39, 0.29) is 12.2 Å². The fourth-order valence-electron chi connectivity index (χ4n) is 1.51. The van der Waals surface area contributed by atoms with Gasteiger partial charge in [-0.3, -0.25) is 4.98 Å². The summed E-state index contributed by atoms with van der Waals surface area (Å²) in [7, 11) is 1.59. The Morgan fingerprint density at radius 1 is 1.47 bits per heavy atom. The highest BCUT2D eigenvalue weighted by Crippen LogP contribution is 2.33. The monoisotopic (exact) mass is 248 g/mol. The molecule has 0 bridgehead atoms. The Morgan fingerprint density at radius 2 is 2.18 bits per heavy atom. The zero-order valence-electron chi connectivity index (χ0n) is 9.71. The minimum absolute atomic E-state index is 0.107. The second-order valence-corrected chi connectivity index (χ2v) is 3.46. The molecule has 1 atom stereocenters. The van der Waals surface area contributed by atoms with Crippen LogP contribution in [0.25, 0.3) is 0 Å². The zero-order chi connectivity index (χ0) is 12.9. The second-order valence-electron chi connectivity index (χ2n) is 3.46. The Labute approximate surface area is 98.0 Å². The van der Waals surface area contributed by atoms with E-state index in [1.165, 1.54) is 6.20 Å². The molecule has 6 heteroatoms. The van der Waals surface area contributed by atoms with Crippen LogP contribution in [0.3, 0.4) is 0 Å². The topological polar surface area (TPSA) is 34.1 Å². The molecule has 0 aromatic carbocycles. The minimum Gasteiger partial charge on any atom is -0.380 e. The molecule has 96 valence electrons. The average molecular weight is 248 g/mol. The SMILES string of the molecule is CCOCC(NC)c1cnccc1C(F)(F)F. The fourth-order valence-corrected chi connectivity index (χ4v) is 1.51. The van der Waals surface area contributed by atoms with Gasteiger partial charge >= 0.3 is 6.18 Å². The molecule has 0 saturated carbocycles. The molecular weight excluding hydrogens is 233 g/mol. The van der Waals surface area contributed by atoms with Crippen molar-refractivity contribution >= 4 is 0 Å². The van der Waals surface area contributed by atoms with E-state index in [2.05, 4.69) is 10.3 Å². The van der Waals surface area contributed by atoms with Crippen LogP contribution in [0.2, 0.25) is 0 Å². The molecule has 0 aliphatic rings. The maximum Gasteiger partial charge on any atom is 0.416 e. The summed E-state index contributed by atoms with van der Waals surface area (Å²) < 4.78 is 43.5. The molecule has 0 aliphatic heterocycles. The first kappa shape index (κ1) is 13.9. The highest BCUT2D eigenvalue weighted by molar-refractivity contribution is 5.29. The van der Waals surface area contributed by atoms with Crippen LogP contribution in [0.4, 0.5) is 13.2 Å². The second kappa shape index (κ2) is 5.97. The number of likely N-dealkylation sites (N-methyl/N-ethyl adjacent to an activating group) is 1. The lowest BCUT2D eigenvalue weighted by molar-refractivity contribution is -0.138. The van der Waals surface area contributed by atoms with Crippen LogP contribution in [0.15, 0.2) is 18.5 Å². The Morgan fingerprint density at radius 3 is 2.71 bits per heavy atom. The van der Waals surface area contributed by atoms with Gasteiger partial charge in [-0.05, 0) is 20.0 Å². The maximum atomic E-state index is 12.8. The van der Waals surface area contributed by atoms with E-state index >= 15 is 0 Å². The van der Waals surface area contributed by atoms with Crippen molar-refractivity contribution in [2.45, 2.75) is 19.1 Å². The predicted octanol–water partition coefficient (Wildman–Crippen LogP) is 2.40. The van der Waals surface area contributed by atoms with Crippen LogP contribution in [-0.4, -0.2) is 25.2 Å². The first-order valence-corrected chi connectivity index (χ1v) is 5.26. The summed E-state index contributed by atoms with van der Waals surface area (Å²) in [5.74, 6) is 0. The third kappa shape index (κ3) is 3.67. The summed E-state index contributed by atoms with van der Waals surface area (Å²) in [4.78, 5) is 3.74. The maximum absolute atomic E-state index is 12.8. The van der Waals surface area contributed by atoms with E-state index in [1.807, 2.05) is 0 Å². The molecule has 17 heavy (non-hydrogen) atoms. The van der Waals surface area contributed by atoms with Crippen molar-refractivity contribution in [3.63, 3.8) is 0 Å². The highest BCUT2D eigenvalue weighted by atomic mass is 19.4. The first-order valence-electron chi connectivity index (χ1n) is 5.26. The summed E-state index contributed by atoms with van der Waals surface area (Å²) in [6.07, 6.45) is -2.01. The van der Waals surface area contributed by atoms with Crippen LogP contribution in [0.1, 0.15) is 24.1 Å². The van der Waals surface area contributed by atoms with Gasteiger partial charge in [0.25, 0.3) is 0 Å². The summed E-state index contributed by atoms with van der Waals surface area (Å²) in [6, 6.07) is 0.464. The number of pyridine rings is 1. The van der Waals surface area contributed by atoms with E-state index in [1.54, 1.807) is 14.0 Å². The van der Waals surface area contributed by atoms with Gasteiger partial charge in [0.2, 0.25) is 0 Å². The van der Waals surface area contributed by atoms with Crippen molar-refractivity contribution in [1.82, 2.24) is 10.3 Å². The smallest absolute Gasteiger partial charge is 0.380 e. The zero-order valence-corrected chi connectivity index (χ0v) is 9.71. The number of alkyl halides is 3. The number of nitrogens with zero attached hydrogens (tertiary/aromatic N) is 1. The number of halogens is 3. The molecular formula is C11H15F3N2O. The fraction of sp³-hybridized carbons (Fsp3) is 0.545. The van der Waals surface area contributed by atoms with Crippen LogP contribution in [-0.2, 0) is 10.9 Å². The van der Waals surface area contributed by atoms with Gasteiger partial charge in [-0.1, -0.05) is 0 Å². The molecule has 1 aromatic heterocycles. The number of rotatable bonds is 5. The predicted molar refractivity (Wildman–Crippen MR) is 57.5 cm³/mol. The molecule has 3 nitrogen and oxygen atoms in total. The standard InChI is InChI=1S/C11H15F3N2O/c1-3-17-7-10(15-2)8-6-16-5-4-9(8)11(12,13)14/h4-6,10,15H,3,7H2,1-2H3.